The molecule has 3 heterocycles. The molecule has 162 valence electrons. The molecule has 2 bridgehead atoms. The molecule has 2 aliphatic rings. The van der Waals surface area contributed by atoms with E-state index in [9.17, 15) is 4.79 Å². The first kappa shape index (κ1) is 20.0. The maximum atomic E-state index is 13.3. The molecule has 1 aromatic heterocycles. The number of aromatic nitrogens is 2. The number of nitrogens with one attached hydrogen (secondary N) is 1. The number of likely N-dealkylation sites (tertiary alicyclic amines) is 1. The molecule has 5 rings (SSSR count). The summed E-state index contributed by atoms with van der Waals surface area (Å²) in [6.07, 6.45) is 1.96. The molecule has 3 aromatic rings. The molecule has 2 fully saturated rings. The number of piperidine rings is 1. The quantitative estimate of drug-likeness (QED) is 0.635. The normalized spacial score (nSPS) is 24.4. The lowest BCUT2D eigenvalue weighted by molar-refractivity contribution is 0.00837. The molecular weight excluding hydrogens is 388 g/mol. The Labute approximate surface area is 182 Å². The van der Waals surface area contributed by atoms with Crippen molar-refractivity contribution in [1.29, 1.82) is 0 Å². The van der Waals surface area contributed by atoms with E-state index in [1.165, 1.54) is 0 Å². The van der Waals surface area contributed by atoms with Gasteiger partial charge in [-0.1, -0.05) is 30.3 Å². The molecule has 2 aromatic carbocycles. The van der Waals surface area contributed by atoms with Crippen LogP contribution in [0.15, 0.2) is 48.5 Å². The monoisotopic (exact) mass is 418 g/mol. The summed E-state index contributed by atoms with van der Waals surface area (Å²) in [6, 6.07) is 16.9. The Hall–Kier alpha value is -2.90. The Kier molecular flexibility index (Phi) is 5.16. The standard InChI is InChI=1S/C24H30N6O/c1-28-14-19-11-18(12-20(15-28)29(19)2)26-24(31)23-21-5-3-4-6-22(21)30(27-23)13-16-7-9-17(25)10-8-16/h3-10,18-20H,11-15,25H2,1-2H3,(H,26,31). The molecule has 2 saturated heterocycles. The highest BCUT2D eigenvalue weighted by Crippen LogP contribution is 2.27. The summed E-state index contributed by atoms with van der Waals surface area (Å²) >= 11 is 0. The molecule has 2 atom stereocenters. The zero-order valence-electron chi connectivity index (χ0n) is 18.2. The predicted molar refractivity (Wildman–Crippen MR) is 123 cm³/mol. The summed E-state index contributed by atoms with van der Waals surface area (Å²) in [6.45, 7) is 2.70. The maximum Gasteiger partial charge on any atom is 0.272 e. The topological polar surface area (TPSA) is 79.4 Å². The lowest BCUT2D eigenvalue weighted by atomic mass is 9.88. The van der Waals surface area contributed by atoms with E-state index in [-0.39, 0.29) is 11.9 Å². The third kappa shape index (κ3) is 3.91. The molecule has 2 aliphatic heterocycles. The fraction of sp³-hybridized carbons (Fsp3) is 0.417. The highest BCUT2D eigenvalue weighted by atomic mass is 16.2. The summed E-state index contributed by atoms with van der Waals surface area (Å²) in [5.41, 5.74) is 9.12. The van der Waals surface area contributed by atoms with Gasteiger partial charge in [0.1, 0.15) is 0 Å². The Morgan fingerprint density at radius 3 is 2.45 bits per heavy atom. The lowest BCUT2D eigenvalue weighted by Gasteiger charge is -2.50. The molecule has 3 N–H and O–H groups in total. The van der Waals surface area contributed by atoms with Crippen molar-refractivity contribution >= 4 is 22.5 Å². The van der Waals surface area contributed by atoms with Gasteiger partial charge in [0.15, 0.2) is 5.69 Å². The molecule has 2 unspecified atom stereocenters. The average molecular weight is 419 g/mol. The minimum absolute atomic E-state index is 0.0757. The fourth-order valence-electron chi connectivity index (χ4n) is 5.17. The molecule has 7 heteroatoms. The van der Waals surface area contributed by atoms with Crippen molar-refractivity contribution in [2.45, 2.75) is 37.5 Å². The summed E-state index contributed by atoms with van der Waals surface area (Å²) in [5.74, 6) is -0.0757. The van der Waals surface area contributed by atoms with Crippen molar-refractivity contribution < 1.29 is 4.79 Å². The van der Waals surface area contributed by atoms with E-state index in [4.69, 9.17) is 10.8 Å². The molecule has 0 saturated carbocycles. The number of carbonyl (C=O) groups is 1. The van der Waals surface area contributed by atoms with Gasteiger partial charge in [-0.25, -0.2) is 0 Å². The van der Waals surface area contributed by atoms with Gasteiger partial charge >= 0.3 is 0 Å². The van der Waals surface area contributed by atoms with Crippen LogP contribution in [0, 0.1) is 0 Å². The zero-order valence-corrected chi connectivity index (χ0v) is 18.2. The largest absolute Gasteiger partial charge is 0.399 e. The van der Waals surface area contributed by atoms with Gasteiger partial charge in [-0.15, -0.1) is 0 Å². The first-order valence-electron chi connectivity index (χ1n) is 11.0. The summed E-state index contributed by atoms with van der Waals surface area (Å²) in [7, 11) is 4.40. The van der Waals surface area contributed by atoms with E-state index in [0.717, 1.165) is 48.1 Å². The van der Waals surface area contributed by atoms with E-state index in [1.807, 2.05) is 53.2 Å². The summed E-state index contributed by atoms with van der Waals surface area (Å²) in [4.78, 5) is 18.2. The van der Waals surface area contributed by atoms with Crippen LogP contribution >= 0.6 is 0 Å². The van der Waals surface area contributed by atoms with E-state index in [0.29, 0.717) is 24.3 Å². The van der Waals surface area contributed by atoms with E-state index < -0.39 is 0 Å². The van der Waals surface area contributed by atoms with E-state index in [2.05, 4.69) is 29.2 Å². The fourth-order valence-corrected chi connectivity index (χ4v) is 5.17. The van der Waals surface area contributed by atoms with Gasteiger partial charge in [-0.3, -0.25) is 14.4 Å². The van der Waals surface area contributed by atoms with Crippen LogP contribution < -0.4 is 11.1 Å². The maximum absolute atomic E-state index is 13.3. The van der Waals surface area contributed by atoms with Gasteiger partial charge in [-0.2, -0.15) is 5.10 Å². The number of nitrogens with zero attached hydrogens (tertiary/aromatic N) is 4. The number of rotatable bonds is 4. The SMILES string of the molecule is CN1CC2CC(NC(=O)c3nn(Cc4ccc(N)cc4)c4ccccc34)CC(C1)N2C. The van der Waals surface area contributed by atoms with Crippen LogP contribution in [0.2, 0.25) is 0 Å². The third-order valence-corrected chi connectivity index (χ3v) is 6.83. The van der Waals surface area contributed by atoms with Crippen LogP contribution in [0.3, 0.4) is 0 Å². The van der Waals surface area contributed by atoms with Crippen molar-refractivity contribution in [2.24, 2.45) is 0 Å². The number of likely N-dealkylation sites (N-methyl/N-ethyl adjacent to an activating group) is 2. The minimum Gasteiger partial charge on any atom is -0.399 e. The smallest absolute Gasteiger partial charge is 0.272 e. The Morgan fingerprint density at radius 2 is 1.74 bits per heavy atom. The zero-order chi connectivity index (χ0) is 21.5. The van der Waals surface area contributed by atoms with Crippen LogP contribution in [-0.4, -0.2) is 70.8 Å². The van der Waals surface area contributed by atoms with Gasteiger partial charge < -0.3 is 16.0 Å². The van der Waals surface area contributed by atoms with Crippen LogP contribution in [0.5, 0.6) is 0 Å². The second-order valence-corrected chi connectivity index (χ2v) is 9.10. The molecule has 7 nitrogen and oxygen atoms in total. The van der Waals surface area contributed by atoms with Crippen molar-refractivity contribution in [1.82, 2.24) is 24.9 Å². The van der Waals surface area contributed by atoms with E-state index >= 15 is 0 Å². The Bertz CT molecular complexity index is 1080. The number of fused-ring (bicyclic) bond motifs is 3. The summed E-state index contributed by atoms with van der Waals surface area (Å²) < 4.78 is 1.91. The Morgan fingerprint density at radius 1 is 1.06 bits per heavy atom. The number of anilines is 1. The molecule has 1 amide bonds. The second-order valence-electron chi connectivity index (χ2n) is 9.10. The number of amides is 1. The van der Waals surface area contributed by atoms with Crippen molar-refractivity contribution in [3.8, 4) is 0 Å². The first-order chi connectivity index (χ1) is 15.0. The van der Waals surface area contributed by atoms with Gasteiger partial charge in [0.05, 0.1) is 12.1 Å². The number of hydrogen-bond donors (Lipinski definition) is 2. The highest BCUT2D eigenvalue weighted by molar-refractivity contribution is 6.05. The van der Waals surface area contributed by atoms with Gasteiger partial charge in [0.2, 0.25) is 0 Å². The number of hydrogen-bond acceptors (Lipinski definition) is 5. The number of nitrogen functional groups attached to an aromatic ring is 1. The number of piperazine rings is 1. The average Bonchev–Trinajstić information content (AvgIpc) is 3.10. The second kappa shape index (κ2) is 7.98. The number of carbonyl (C=O) groups excluding carboxylic acids is 1. The molecular formula is C24H30N6O. The summed E-state index contributed by atoms with van der Waals surface area (Å²) in [5, 5.41) is 8.92. The van der Waals surface area contributed by atoms with Crippen LogP contribution in [0.25, 0.3) is 10.9 Å². The third-order valence-electron chi connectivity index (χ3n) is 6.83. The number of nitrogens with two attached hydrogens (primary N) is 1. The molecule has 0 aliphatic carbocycles. The molecule has 0 radical (unpaired) electrons. The van der Waals surface area contributed by atoms with Crippen LogP contribution in [0.4, 0.5) is 5.69 Å². The highest BCUT2D eigenvalue weighted by Gasteiger charge is 2.38. The van der Waals surface area contributed by atoms with Gasteiger partial charge in [0, 0.05) is 42.3 Å². The Balaban J connectivity index is 1.37. The van der Waals surface area contributed by atoms with E-state index in [1.54, 1.807) is 0 Å². The lowest BCUT2D eigenvalue weighted by Crippen LogP contribution is -2.63. The predicted octanol–water partition coefficient (Wildman–Crippen LogP) is 2.17. The van der Waals surface area contributed by atoms with Crippen LogP contribution in [0.1, 0.15) is 28.9 Å². The molecule has 31 heavy (non-hydrogen) atoms. The minimum atomic E-state index is -0.0757. The van der Waals surface area contributed by atoms with Gasteiger partial charge in [0.25, 0.3) is 5.91 Å². The molecule has 0 spiro atoms. The number of para-hydroxylation sites is 1. The van der Waals surface area contributed by atoms with Gasteiger partial charge in [-0.05, 0) is 50.7 Å². The number of benzene rings is 2. The first-order valence-corrected chi connectivity index (χ1v) is 11.0. The van der Waals surface area contributed by atoms with Crippen molar-refractivity contribution in [3.63, 3.8) is 0 Å². The van der Waals surface area contributed by atoms with Crippen molar-refractivity contribution in [3.05, 3.63) is 59.8 Å². The van der Waals surface area contributed by atoms with Crippen LogP contribution in [-0.2, 0) is 6.54 Å². The van der Waals surface area contributed by atoms with Crippen molar-refractivity contribution in [2.75, 3.05) is 32.9 Å².